The highest BCUT2D eigenvalue weighted by atomic mass is 35.5. The van der Waals surface area contributed by atoms with E-state index >= 15 is 0 Å². The second-order valence-corrected chi connectivity index (χ2v) is 4.55. The van der Waals surface area contributed by atoms with Gasteiger partial charge in [-0.05, 0) is 32.1 Å². The lowest BCUT2D eigenvalue weighted by Crippen LogP contribution is -2.40. The van der Waals surface area contributed by atoms with E-state index in [0.717, 1.165) is 17.9 Å². The summed E-state index contributed by atoms with van der Waals surface area (Å²) in [5.74, 6) is -1.14. The Bertz CT molecular complexity index is 513. The van der Waals surface area contributed by atoms with Crippen LogP contribution in [0.1, 0.15) is 27.1 Å². The molecule has 0 aliphatic carbocycles. The number of amides is 3. The molecule has 0 saturated heterocycles. The van der Waals surface area contributed by atoms with Gasteiger partial charge >= 0.3 is 0 Å². The molecule has 0 bridgehead atoms. The molecule has 2 N–H and O–H groups in total. The fraction of sp³-hybridized carbons (Fsp3) is 0.357. The van der Waals surface area contributed by atoms with Crippen molar-refractivity contribution in [3.63, 3.8) is 0 Å². The first-order valence-electron chi connectivity index (χ1n) is 6.51. The van der Waals surface area contributed by atoms with Gasteiger partial charge in [-0.1, -0.05) is 12.1 Å². The third-order valence-electron chi connectivity index (χ3n) is 3.11. The van der Waals surface area contributed by atoms with E-state index in [2.05, 4.69) is 10.6 Å². The maximum Gasteiger partial charge on any atom is 0.262 e. The van der Waals surface area contributed by atoms with Crippen molar-refractivity contribution in [2.75, 3.05) is 26.7 Å². The SMILES string of the molecule is CNCCCNC(=O)CN1C(=O)c2ccccc2C1=O.Cl. The van der Waals surface area contributed by atoms with E-state index in [1.165, 1.54) is 0 Å². The highest BCUT2D eigenvalue weighted by Gasteiger charge is 2.35. The number of carbonyl (C=O) groups is 3. The number of hydrogen-bond acceptors (Lipinski definition) is 4. The lowest BCUT2D eigenvalue weighted by Gasteiger charge is -2.13. The number of carbonyl (C=O) groups excluding carboxylic acids is 3. The third-order valence-corrected chi connectivity index (χ3v) is 3.11. The van der Waals surface area contributed by atoms with Gasteiger partial charge in [-0.15, -0.1) is 12.4 Å². The van der Waals surface area contributed by atoms with E-state index in [4.69, 9.17) is 0 Å². The van der Waals surface area contributed by atoms with Gasteiger partial charge < -0.3 is 10.6 Å². The van der Waals surface area contributed by atoms with Crippen molar-refractivity contribution in [1.29, 1.82) is 0 Å². The molecule has 2 rings (SSSR count). The third kappa shape index (κ3) is 3.80. The van der Waals surface area contributed by atoms with Crippen LogP contribution in [0.3, 0.4) is 0 Å². The quantitative estimate of drug-likeness (QED) is 0.590. The highest BCUT2D eigenvalue weighted by Crippen LogP contribution is 2.21. The smallest absolute Gasteiger partial charge is 0.262 e. The molecule has 21 heavy (non-hydrogen) atoms. The minimum Gasteiger partial charge on any atom is -0.354 e. The molecule has 1 aromatic carbocycles. The fourth-order valence-corrected chi connectivity index (χ4v) is 2.08. The zero-order valence-electron chi connectivity index (χ0n) is 11.7. The average molecular weight is 312 g/mol. The lowest BCUT2D eigenvalue weighted by molar-refractivity contribution is -0.121. The first-order chi connectivity index (χ1) is 9.65. The maximum atomic E-state index is 12.0. The van der Waals surface area contributed by atoms with Gasteiger partial charge in [0.1, 0.15) is 6.54 Å². The van der Waals surface area contributed by atoms with Crippen molar-refractivity contribution in [1.82, 2.24) is 15.5 Å². The van der Waals surface area contributed by atoms with Gasteiger partial charge in [0, 0.05) is 6.54 Å². The molecule has 1 aliphatic rings. The zero-order chi connectivity index (χ0) is 14.5. The van der Waals surface area contributed by atoms with Crippen LogP contribution in [0.2, 0.25) is 0 Å². The molecule has 0 unspecified atom stereocenters. The Morgan fingerprint density at radius 1 is 1.10 bits per heavy atom. The Labute approximate surface area is 129 Å². The molecule has 0 atom stereocenters. The van der Waals surface area contributed by atoms with Crippen molar-refractivity contribution in [3.8, 4) is 0 Å². The molecule has 1 heterocycles. The van der Waals surface area contributed by atoms with Gasteiger partial charge in [0.25, 0.3) is 11.8 Å². The molecule has 0 spiro atoms. The largest absolute Gasteiger partial charge is 0.354 e. The van der Waals surface area contributed by atoms with Crippen LogP contribution in [0.15, 0.2) is 24.3 Å². The van der Waals surface area contributed by atoms with Gasteiger partial charge in [0.15, 0.2) is 0 Å². The second-order valence-electron chi connectivity index (χ2n) is 4.55. The van der Waals surface area contributed by atoms with Crippen LogP contribution in [0.25, 0.3) is 0 Å². The molecular formula is C14H18ClN3O3. The molecule has 114 valence electrons. The van der Waals surface area contributed by atoms with Crippen molar-refractivity contribution >= 4 is 30.1 Å². The number of halogens is 1. The summed E-state index contributed by atoms with van der Waals surface area (Å²) in [6, 6.07) is 6.59. The topological polar surface area (TPSA) is 78.5 Å². The Balaban J connectivity index is 0.00000220. The molecule has 0 radical (unpaired) electrons. The van der Waals surface area contributed by atoms with Crippen LogP contribution in [0.4, 0.5) is 0 Å². The maximum absolute atomic E-state index is 12.0. The minimum atomic E-state index is -0.407. The Morgan fingerprint density at radius 2 is 1.67 bits per heavy atom. The minimum absolute atomic E-state index is 0. The van der Waals surface area contributed by atoms with E-state index in [0.29, 0.717) is 17.7 Å². The van der Waals surface area contributed by atoms with Gasteiger partial charge in [0.2, 0.25) is 5.91 Å². The van der Waals surface area contributed by atoms with Crippen LogP contribution in [0.5, 0.6) is 0 Å². The van der Waals surface area contributed by atoms with E-state index in [-0.39, 0.29) is 24.9 Å². The fourth-order valence-electron chi connectivity index (χ4n) is 2.08. The highest BCUT2D eigenvalue weighted by molar-refractivity contribution is 6.22. The van der Waals surface area contributed by atoms with Crippen molar-refractivity contribution in [2.45, 2.75) is 6.42 Å². The van der Waals surface area contributed by atoms with Crippen LogP contribution in [0, 0.1) is 0 Å². The average Bonchev–Trinajstić information content (AvgIpc) is 2.69. The van der Waals surface area contributed by atoms with E-state index in [1.54, 1.807) is 24.3 Å². The van der Waals surface area contributed by atoms with Crippen molar-refractivity contribution < 1.29 is 14.4 Å². The molecule has 0 aromatic heterocycles. The van der Waals surface area contributed by atoms with Crippen LogP contribution < -0.4 is 10.6 Å². The summed E-state index contributed by atoms with van der Waals surface area (Å²) in [5, 5.41) is 5.66. The number of fused-ring (bicyclic) bond motifs is 1. The van der Waals surface area contributed by atoms with E-state index < -0.39 is 11.8 Å². The predicted molar refractivity (Wildman–Crippen MR) is 80.6 cm³/mol. The summed E-state index contributed by atoms with van der Waals surface area (Å²) in [6.45, 7) is 1.09. The van der Waals surface area contributed by atoms with Gasteiger partial charge in [-0.25, -0.2) is 0 Å². The number of rotatable bonds is 6. The first-order valence-corrected chi connectivity index (χ1v) is 6.51. The molecule has 1 aromatic rings. The molecule has 0 saturated carbocycles. The molecule has 7 heteroatoms. The van der Waals surface area contributed by atoms with Crippen molar-refractivity contribution in [2.24, 2.45) is 0 Å². The molecule has 0 fully saturated rings. The molecular weight excluding hydrogens is 294 g/mol. The summed E-state index contributed by atoms with van der Waals surface area (Å²) in [4.78, 5) is 36.8. The Kier molecular flexibility index (Phi) is 6.33. The van der Waals surface area contributed by atoms with Gasteiger partial charge in [-0.3, -0.25) is 19.3 Å². The summed E-state index contributed by atoms with van der Waals surface area (Å²) in [5.41, 5.74) is 0.723. The van der Waals surface area contributed by atoms with Crippen molar-refractivity contribution in [3.05, 3.63) is 35.4 Å². The Morgan fingerprint density at radius 3 is 2.19 bits per heavy atom. The van der Waals surface area contributed by atoms with Gasteiger partial charge in [-0.2, -0.15) is 0 Å². The molecule has 6 nitrogen and oxygen atoms in total. The molecule has 1 aliphatic heterocycles. The summed E-state index contributed by atoms with van der Waals surface area (Å²) < 4.78 is 0. The number of nitrogens with one attached hydrogen (secondary N) is 2. The van der Waals surface area contributed by atoms with Crippen LogP contribution >= 0.6 is 12.4 Å². The lowest BCUT2D eigenvalue weighted by atomic mass is 10.1. The van der Waals surface area contributed by atoms with E-state index in [9.17, 15) is 14.4 Å². The summed E-state index contributed by atoms with van der Waals surface area (Å²) >= 11 is 0. The first kappa shape index (κ1) is 17.1. The monoisotopic (exact) mass is 311 g/mol. The standard InChI is InChI=1S/C14H17N3O3.ClH/c1-15-7-4-8-16-12(18)9-17-13(19)10-5-2-3-6-11(10)14(17)20;/h2-3,5-6,15H,4,7-9H2,1H3,(H,16,18);1H. The second kappa shape index (κ2) is 7.75. The number of hydrogen-bond donors (Lipinski definition) is 2. The number of imide groups is 1. The van der Waals surface area contributed by atoms with Crippen LogP contribution in [-0.4, -0.2) is 49.3 Å². The van der Waals surface area contributed by atoms with Crippen LogP contribution in [-0.2, 0) is 4.79 Å². The number of nitrogens with zero attached hydrogens (tertiary/aromatic N) is 1. The Hall–Kier alpha value is -1.92. The summed E-state index contributed by atoms with van der Waals surface area (Å²) in [6.07, 6.45) is 0.796. The summed E-state index contributed by atoms with van der Waals surface area (Å²) in [7, 11) is 1.83. The number of benzene rings is 1. The zero-order valence-corrected chi connectivity index (χ0v) is 12.5. The molecule has 3 amide bonds. The van der Waals surface area contributed by atoms with E-state index in [1.807, 2.05) is 7.05 Å². The predicted octanol–water partition coefficient (Wildman–Crippen LogP) is 0.430. The normalized spacial score (nSPS) is 12.9. The van der Waals surface area contributed by atoms with Gasteiger partial charge in [0.05, 0.1) is 11.1 Å².